The third-order valence-corrected chi connectivity index (χ3v) is 8.47. The molecule has 1 fully saturated rings. The number of aliphatic imine (C=N–C) groups is 1. The number of nitrogens with zero attached hydrogens (tertiary/aromatic N) is 2. The van der Waals surface area contributed by atoms with Gasteiger partial charge in [0.25, 0.3) is 0 Å². The molecule has 0 saturated carbocycles. The van der Waals surface area contributed by atoms with Gasteiger partial charge in [0.15, 0.2) is 10.9 Å². The molecule has 2 N–H and O–H groups in total. The van der Waals surface area contributed by atoms with E-state index >= 15 is 0 Å². The summed E-state index contributed by atoms with van der Waals surface area (Å²) < 4.78 is 79.5. The molecule has 1 saturated heterocycles. The maximum absolute atomic E-state index is 13.4. The molecular weight excluding hydrogens is 594 g/mol. The van der Waals surface area contributed by atoms with Crippen LogP contribution in [0, 0.1) is 0 Å². The van der Waals surface area contributed by atoms with Crippen molar-refractivity contribution in [1.82, 2.24) is 0 Å². The van der Waals surface area contributed by atoms with Gasteiger partial charge in [0, 0.05) is 17.7 Å². The first kappa shape index (κ1) is 32.4. The molecule has 4 rings (SSSR count). The first-order chi connectivity index (χ1) is 19.9. The second-order valence-corrected chi connectivity index (χ2v) is 12.4. The number of aliphatic carboxylic acids is 1. The van der Waals surface area contributed by atoms with Crippen LogP contribution in [0.15, 0.2) is 77.8 Å². The van der Waals surface area contributed by atoms with E-state index in [1.54, 1.807) is 12.1 Å². The number of halogens is 6. The van der Waals surface area contributed by atoms with Crippen LogP contribution in [0.1, 0.15) is 62.3 Å². The molecule has 1 aliphatic heterocycles. The number of hydrogen-bond donors (Lipinski definition) is 2. The summed E-state index contributed by atoms with van der Waals surface area (Å²) in [5, 5.41) is 21.1. The largest absolute Gasteiger partial charge is 0.481 e. The van der Waals surface area contributed by atoms with E-state index in [9.17, 15) is 41.4 Å². The van der Waals surface area contributed by atoms with Crippen LogP contribution < -0.4 is 4.90 Å². The predicted octanol–water partition coefficient (Wildman–Crippen LogP) is 8.73. The van der Waals surface area contributed by atoms with Gasteiger partial charge in [-0.05, 0) is 72.4 Å². The van der Waals surface area contributed by atoms with Crippen LogP contribution in [0.4, 0.5) is 37.7 Å². The molecule has 1 aliphatic rings. The average Bonchev–Trinajstić information content (AvgIpc) is 3.19. The first-order valence-corrected chi connectivity index (χ1v) is 14.2. The number of thioether (sulfide) groups is 1. The van der Waals surface area contributed by atoms with Crippen molar-refractivity contribution in [2.24, 2.45) is 4.99 Å². The summed E-state index contributed by atoms with van der Waals surface area (Å²) in [5.41, 5.74) is -2.24. The van der Waals surface area contributed by atoms with Crippen molar-refractivity contribution in [3.05, 3.63) is 95.1 Å². The van der Waals surface area contributed by atoms with E-state index in [0.717, 1.165) is 53.7 Å². The Morgan fingerprint density at radius 3 is 1.79 bits per heavy atom. The molecule has 5 nitrogen and oxygen atoms in total. The fourth-order valence-electron chi connectivity index (χ4n) is 4.80. The molecular formula is C31H30F6N2O3S. The zero-order valence-electron chi connectivity index (χ0n) is 23.5. The highest BCUT2D eigenvalue weighted by Crippen LogP contribution is 2.50. The number of hydrogen-bond acceptors (Lipinski definition) is 4. The minimum atomic E-state index is -4.60. The lowest BCUT2D eigenvalue weighted by atomic mass is 9.85. The van der Waals surface area contributed by atoms with E-state index < -0.39 is 40.4 Å². The van der Waals surface area contributed by atoms with E-state index in [1.807, 2.05) is 32.9 Å². The molecule has 1 heterocycles. The molecule has 0 aliphatic carbocycles. The van der Waals surface area contributed by atoms with Crippen molar-refractivity contribution in [2.45, 2.75) is 68.8 Å². The number of amidine groups is 1. The van der Waals surface area contributed by atoms with Crippen LogP contribution in [0.3, 0.4) is 0 Å². The second-order valence-electron chi connectivity index (χ2n) is 11.3. The summed E-state index contributed by atoms with van der Waals surface area (Å²) >= 11 is 1.08. The lowest BCUT2D eigenvalue weighted by molar-refractivity contribution is -0.138. The number of aliphatic hydroxyl groups is 1. The highest BCUT2D eigenvalue weighted by Gasteiger charge is 2.53. The normalized spacial score (nSPS) is 20.6. The van der Waals surface area contributed by atoms with Gasteiger partial charge in [0.2, 0.25) is 0 Å². The molecule has 43 heavy (non-hydrogen) atoms. The molecule has 2 atom stereocenters. The Balaban J connectivity index is 1.88. The average molecular weight is 625 g/mol. The monoisotopic (exact) mass is 624 g/mol. The predicted molar refractivity (Wildman–Crippen MR) is 154 cm³/mol. The maximum Gasteiger partial charge on any atom is 0.416 e. The standard InChI is InChI=1S/C31H30F6N2O3S/c1-28(2,3)19-7-9-20(10-8-19)29(42)25(5-4-6-26(40)41)43-27(38-23-15-11-21(12-16-23)30(32,33)34)39(29)24-17-13-22(14-18-24)31(35,36)37/h7-18,25,42H,4-6H2,1-3H3,(H,40,41). The van der Waals surface area contributed by atoms with Crippen LogP contribution in [-0.2, 0) is 28.3 Å². The Morgan fingerprint density at radius 1 is 0.837 bits per heavy atom. The molecule has 12 heteroatoms. The molecule has 230 valence electrons. The first-order valence-electron chi connectivity index (χ1n) is 13.4. The topological polar surface area (TPSA) is 73.1 Å². The number of alkyl halides is 6. The molecule has 0 aromatic heterocycles. The van der Waals surface area contributed by atoms with Gasteiger partial charge in [-0.3, -0.25) is 9.69 Å². The van der Waals surface area contributed by atoms with E-state index in [2.05, 4.69) is 4.99 Å². The van der Waals surface area contributed by atoms with Gasteiger partial charge in [-0.25, -0.2) is 4.99 Å². The van der Waals surface area contributed by atoms with Crippen LogP contribution in [0.25, 0.3) is 0 Å². The third kappa shape index (κ3) is 7.18. The van der Waals surface area contributed by atoms with Crippen molar-refractivity contribution in [1.29, 1.82) is 0 Å². The summed E-state index contributed by atoms with van der Waals surface area (Å²) in [6.45, 7) is 6.04. The van der Waals surface area contributed by atoms with Crippen LogP contribution in [0.2, 0.25) is 0 Å². The van der Waals surface area contributed by atoms with Gasteiger partial charge in [0.05, 0.1) is 22.1 Å². The third-order valence-electron chi connectivity index (χ3n) is 7.13. The Labute approximate surface area is 249 Å². The van der Waals surface area contributed by atoms with Gasteiger partial charge < -0.3 is 10.2 Å². The maximum atomic E-state index is 13.4. The summed E-state index contributed by atoms with van der Waals surface area (Å²) in [5.74, 6) is -1.03. The highest BCUT2D eigenvalue weighted by molar-refractivity contribution is 8.15. The summed E-state index contributed by atoms with van der Waals surface area (Å²) in [7, 11) is 0. The van der Waals surface area contributed by atoms with Gasteiger partial charge in [0.1, 0.15) is 0 Å². The van der Waals surface area contributed by atoms with Crippen LogP contribution in [0.5, 0.6) is 0 Å². The highest BCUT2D eigenvalue weighted by atomic mass is 32.2. The Hall–Kier alpha value is -3.51. The van der Waals surface area contributed by atoms with Gasteiger partial charge >= 0.3 is 18.3 Å². The fraction of sp³-hybridized carbons (Fsp3) is 0.355. The number of anilines is 1. The minimum absolute atomic E-state index is 0.127. The lowest BCUT2D eigenvalue weighted by Gasteiger charge is -2.38. The SMILES string of the molecule is CC(C)(C)c1ccc(C2(O)C(CCCC(=O)O)SC(=Nc3ccc(C(F)(F)F)cc3)N2c2ccc(C(F)(F)F)cc2)cc1. The van der Waals surface area contributed by atoms with Crippen molar-refractivity contribution >= 4 is 34.3 Å². The number of carboxylic acid groups (broad SMARTS) is 1. The zero-order valence-corrected chi connectivity index (χ0v) is 24.3. The van der Waals surface area contributed by atoms with Crippen molar-refractivity contribution < 1.29 is 41.4 Å². The quantitative estimate of drug-likeness (QED) is 0.257. The molecule has 0 bridgehead atoms. The molecule has 0 amide bonds. The number of rotatable bonds is 7. The summed E-state index contributed by atoms with van der Waals surface area (Å²) in [6.07, 6.45) is -8.97. The molecule has 0 spiro atoms. The Morgan fingerprint density at radius 2 is 1.33 bits per heavy atom. The van der Waals surface area contributed by atoms with E-state index in [4.69, 9.17) is 0 Å². The van der Waals surface area contributed by atoms with E-state index in [1.165, 1.54) is 17.0 Å². The molecule has 3 aromatic rings. The molecule has 3 aromatic carbocycles. The van der Waals surface area contributed by atoms with Gasteiger partial charge in [-0.1, -0.05) is 56.8 Å². The fourth-order valence-corrected chi connectivity index (χ4v) is 6.25. The molecule has 0 radical (unpaired) electrons. The number of carbonyl (C=O) groups is 1. The zero-order chi connectivity index (χ0) is 31.8. The van der Waals surface area contributed by atoms with Crippen molar-refractivity contribution in [3.8, 4) is 0 Å². The van der Waals surface area contributed by atoms with Crippen molar-refractivity contribution in [3.63, 3.8) is 0 Å². The van der Waals surface area contributed by atoms with Gasteiger partial charge in [-0.2, -0.15) is 26.3 Å². The van der Waals surface area contributed by atoms with Gasteiger partial charge in [-0.15, -0.1) is 0 Å². The second kappa shape index (κ2) is 11.9. The summed E-state index contributed by atoms with van der Waals surface area (Å²) in [6, 6.07) is 15.3. The van der Waals surface area contributed by atoms with Crippen LogP contribution >= 0.6 is 11.8 Å². The van der Waals surface area contributed by atoms with E-state index in [0.29, 0.717) is 5.56 Å². The van der Waals surface area contributed by atoms with Crippen molar-refractivity contribution in [2.75, 3.05) is 4.90 Å². The summed E-state index contributed by atoms with van der Waals surface area (Å²) in [4.78, 5) is 17.2. The van der Waals surface area contributed by atoms with Crippen LogP contribution in [-0.4, -0.2) is 26.6 Å². The molecule has 2 unspecified atom stereocenters. The minimum Gasteiger partial charge on any atom is -0.481 e. The Bertz CT molecular complexity index is 1460. The number of carboxylic acids is 1. The number of benzene rings is 3. The van der Waals surface area contributed by atoms with E-state index in [-0.39, 0.29) is 41.2 Å². The lowest BCUT2D eigenvalue weighted by Crippen LogP contribution is -2.49. The smallest absolute Gasteiger partial charge is 0.416 e. The Kier molecular flexibility index (Phi) is 8.95.